The van der Waals surface area contributed by atoms with E-state index in [2.05, 4.69) is 33.1 Å². The molecule has 1 amide bonds. The molecule has 44 heavy (non-hydrogen) atoms. The van der Waals surface area contributed by atoms with E-state index in [1.54, 1.807) is 25.6 Å². The first-order valence-electron chi connectivity index (χ1n) is 15.2. The number of amides is 1. The maximum absolute atomic E-state index is 12.8. The molecule has 0 saturated carbocycles. The van der Waals surface area contributed by atoms with Gasteiger partial charge in [0.1, 0.15) is 18.1 Å². The molecule has 0 N–H and O–H groups in total. The number of aromatic nitrogens is 2. The van der Waals surface area contributed by atoms with Crippen molar-refractivity contribution in [2.45, 2.75) is 58.0 Å². The maximum atomic E-state index is 12.8. The summed E-state index contributed by atoms with van der Waals surface area (Å²) in [6.07, 6.45) is 15.3. The number of hydrogen-bond acceptors (Lipinski definition) is 10. The molecule has 1 fully saturated rings. The molecule has 234 valence electrons. The number of pyridine rings is 2. The van der Waals surface area contributed by atoms with Gasteiger partial charge in [-0.3, -0.25) is 9.78 Å². The van der Waals surface area contributed by atoms with Gasteiger partial charge in [0.2, 0.25) is 11.8 Å². The highest BCUT2D eigenvalue weighted by atomic mass is 16.6. The van der Waals surface area contributed by atoms with Crippen molar-refractivity contribution in [2.75, 3.05) is 39.9 Å². The second kappa shape index (κ2) is 15.4. The Morgan fingerprint density at radius 3 is 2.91 bits per heavy atom. The van der Waals surface area contributed by atoms with Gasteiger partial charge in [0.15, 0.2) is 6.26 Å². The largest absolute Gasteiger partial charge is 0.481 e. The summed E-state index contributed by atoms with van der Waals surface area (Å²) in [7, 11) is 1.60. The number of esters is 1. The number of ether oxygens (including phenoxy) is 5. The van der Waals surface area contributed by atoms with Crippen LogP contribution in [-0.4, -0.2) is 77.8 Å². The first-order chi connectivity index (χ1) is 21.5. The molecule has 2 aromatic heterocycles. The molecule has 1 unspecified atom stereocenters. The van der Waals surface area contributed by atoms with Crippen molar-refractivity contribution in [3.63, 3.8) is 0 Å². The first-order valence-corrected chi connectivity index (χ1v) is 15.2. The SMILES string of the molecule is CCOC(=O)CCCN(CCc1ccnc2ccc(OC)nc12)CCC1CN(C2=COC=C(CC3=CC=CCC3)O2)C(=O)O1. The Morgan fingerprint density at radius 2 is 2.09 bits per heavy atom. The van der Waals surface area contributed by atoms with Crippen LogP contribution in [0.3, 0.4) is 0 Å². The molecule has 4 heterocycles. The number of allylic oxidation sites excluding steroid dienone is 4. The number of rotatable bonds is 15. The van der Waals surface area contributed by atoms with Gasteiger partial charge in [-0.25, -0.2) is 14.7 Å². The lowest BCUT2D eigenvalue weighted by Crippen LogP contribution is -2.32. The summed E-state index contributed by atoms with van der Waals surface area (Å²) in [6, 6.07) is 5.69. The summed E-state index contributed by atoms with van der Waals surface area (Å²) < 4.78 is 27.7. The highest BCUT2D eigenvalue weighted by molar-refractivity contribution is 5.78. The molecule has 11 nitrogen and oxygen atoms in total. The van der Waals surface area contributed by atoms with Gasteiger partial charge < -0.3 is 28.6 Å². The zero-order valence-electron chi connectivity index (χ0n) is 25.4. The quantitative estimate of drug-likeness (QED) is 0.245. The lowest BCUT2D eigenvalue weighted by Gasteiger charge is -2.24. The first kappa shape index (κ1) is 31.1. The summed E-state index contributed by atoms with van der Waals surface area (Å²) in [4.78, 5) is 37.6. The van der Waals surface area contributed by atoms with E-state index >= 15 is 0 Å². The number of nitrogens with zero attached hydrogens (tertiary/aromatic N) is 4. The summed E-state index contributed by atoms with van der Waals surface area (Å²) >= 11 is 0. The Kier molecular flexibility index (Phi) is 10.9. The van der Waals surface area contributed by atoms with Crippen LogP contribution in [0, 0.1) is 0 Å². The summed E-state index contributed by atoms with van der Waals surface area (Å²) in [5.74, 6) is 1.33. The molecule has 5 rings (SSSR count). The van der Waals surface area contributed by atoms with Gasteiger partial charge in [-0.05, 0) is 63.3 Å². The minimum Gasteiger partial charge on any atom is -0.481 e. The Balaban J connectivity index is 1.17. The van der Waals surface area contributed by atoms with Gasteiger partial charge in [-0.1, -0.05) is 23.8 Å². The number of cyclic esters (lactones) is 1. The maximum Gasteiger partial charge on any atom is 0.417 e. The molecule has 2 aliphatic heterocycles. The van der Waals surface area contributed by atoms with Crippen LogP contribution in [0.1, 0.15) is 51.0 Å². The molecule has 3 aliphatic rings. The highest BCUT2D eigenvalue weighted by Crippen LogP contribution is 2.29. The van der Waals surface area contributed by atoms with E-state index in [9.17, 15) is 9.59 Å². The van der Waals surface area contributed by atoms with Crippen molar-refractivity contribution in [3.05, 3.63) is 77.9 Å². The fourth-order valence-corrected chi connectivity index (χ4v) is 5.42. The standard InChI is InChI=1S/C33H40N4O7/c1-3-42-31(38)10-7-17-36(18-14-25-13-16-34-28-11-12-29(40-2)35-32(25)28)19-15-26-21-37(33(39)44-26)30-23-41-22-27(43-30)20-24-8-5-4-6-9-24/h4-5,8,11-13,16,22-23,26H,3,6-7,9-10,14-15,17-21H2,1-2H3. The van der Waals surface area contributed by atoms with E-state index in [1.165, 1.54) is 16.7 Å². The fourth-order valence-electron chi connectivity index (χ4n) is 5.42. The van der Waals surface area contributed by atoms with Crippen LogP contribution in [0.2, 0.25) is 0 Å². The Labute approximate surface area is 257 Å². The van der Waals surface area contributed by atoms with Gasteiger partial charge >= 0.3 is 12.1 Å². The van der Waals surface area contributed by atoms with Crippen molar-refractivity contribution in [3.8, 4) is 5.88 Å². The number of methoxy groups -OCH3 is 1. The lowest BCUT2D eigenvalue weighted by molar-refractivity contribution is -0.143. The predicted molar refractivity (Wildman–Crippen MR) is 163 cm³/mol. The van der Waals surface area contributed by atoms with Gasteiger partial charge in [-0.2, -0.15) is 0 Å². The molecular weight excluding hydrogens is 564 g/mol. The normalized spacial score (nSPS) is 17.9. The van der Waals surface area contributed by atoms with Crippen LogP contribution < -0.4 is 4.74 Å². The third kappa shape index (κ3) is 8.37. The molecule has 2 aromatic rings. The number of fused-ring (bicyclic) bond motifs is 1. The molecule has 1 saturated heterocycles. The van der Waals surface area contributed by atoms with Crippen LogP contribution in [0.15, 0.2) is 72.4 Å². The van der Waals surface area contributed by atoms with Crippen LogP contribution in [0.5, 0.6) is 5.88 Å². The van der Waals surface area contributed by atoms with Gasteiger partial charge in [0, 0.05) is 38.2 Å². The van der Waals surface area contributed by atoms with Gasteiger partial charge in [0.25, 0.3) is 0 Å². The Hall–Kier alpha value is -4.38. The Bertz CT molecular complexity index is 1450. The molecule has 0 spiro atoms. The van der Waals surface area contributed by atoms with Crippen LogP contribution in [0.25, 0.3) is 11.0 Å². The second-order valence-corrected chi connectivity index (χ2v) is 10.8. The van der Waals surface area contributed by atoms with E-state index in [4.69, 9.17) is 23.7 Å². The second-order valence-electron chi connectivity index (χ2n) is 10.8. The fraction of sp³-hybridized carbons (Fsp3) is 0.455. The molecule has 0 bridgehead atoms. The van der Waals surface area contributed by atoms with Crippen LogP contribution in [0.4, 0.5) is 4.79 Å². The van der Waals surface area contributed by atoms with Crippen molar-refractivity contribution in [1.29, 1.82) is 0 Å². The van der Waals surface area contributed by atoms with Crippen LogP contribution in [-0.2, 0) is 30.2 Å². The average molecular weight is 605 g/mol. The van der Waals surface area contributed by atoms with E-state index in [1.807, 2.05) is 19.1 Å². The Morgan fingerprint density at radius 1 is 1.18 bits per heavy atom. The average Bonchev–Trinajstić information content (AvgIpc) is 3.42. The third-order valence-corrected chi connectivity index (χ3v) is 7.72. The number of carbonyl (C=O) groups is 2. The minimum atomic E-state index is -0.456. The monoisotopic (exact) mass is 604 g/mol. The topological polar surface area (TPSA) is 113 Å². The third-order valence-electron chi connectivity index (χ3n) is 7.72. The summed E-state index contributed by atoms with van der Waals surface area (Å²) in [5.41, 5.74) is 3.94. The zero-order valence-corrected chi connectivity index (χ0v) is 25.4. The van der Waals surface area contributed by atoms with Crippen molar-refractivity contribution >= 4 is 23.1 Å². The molecule has 1 aliphatic carbocycles. The van der Waals surface area contributed by atoms with Gasteiger partial charge in [-0.15, -0.1) is 0 Å². The van der Waals surface area contributed by atoms with Crippen molar-refractivity contribution in [1.82, 2.24) is 19.8 Å². The molecule has 11 heteroatoms. The van der Waals surface area contributed by atoms with Crippen molar-refractivity contribution < 1.29 is 33.3 Å². The summed E-state index contributed by atoms with van der Waals surface area (Å²) in [6.45, 7) is 4.65. The molecular formula is C33H40N4O7. The smallest absolute Gasteiger partial charge is 0.417 e. The predicted octanol–water partition coefficient (Wildman–Crippen LogP) is 5.39. The number of hydrogen-bond donors (Lipinski definition) is 0. The summed E-state index contributed by atoms with van der Waals surface area (Å²) in [5, 5.41) is 0. The van der Waals surface area contributed by atoms with Gasteiger partial charge in [0.05, 0.1) is 31.3 Å². The number of carbonyl (C=O) groups excluding carboxylic acids is 2. The molecule has 0 radical (unpaired) electrons. The van der Waals surface area contributed by atoms with E-state index < -0.39 is 6.09 Å². The van der Waals surface area contributed by atoms with E-state index in [0.717, 1.165) is 42.4 Å². The van der Waals surface area contributed by atoms with E-state index in [0.29, 0.717) is 69.4 Å². The van der Waals surface area contributed by atoms with Crippen molar-refractivity contribution in [2.24, 2.45) is 0 Å². The molecule has 1 atom stereocenters. The van der Waals surface area contributed by atoms with E-state index in [-0.39, 0.29) is 12.1 Å². The minimum absolute atomic E-state index is 0.197. The lowest BCUT2D eigenvalue weighted by atomic mass is 10.0. The zero-order chi connectivity index (χ0) is 30.7. The highest BCUT2D eigenvalue weighted by Gasteiger charge is 2.36. The molecule has 0 aromatic carbocycles. The van der Waals surface area contributed by atoms with Crippen LogP contribution >= 0.6 is 0 Å².